The van der Waals surface area contributed by atoms with Crippen LogP contribution < -0.4 is 5.32 Å². The van der Waals surface area contributed by atoms with Crippen molar-refractivity contribution in [1.29, 1.82) is 0 Å². The Balaban J connectivity index is 1.61. The molecule has 4 heteroatoms. The number of nitrogens with zero attached hydrogens (tertiary/aromatic N) is 1. The predicted octanol–water partition coefficient (Wildman–Crippen LogP) is 5.50. The van der Waals surface area contributed by atoms with Gasteiger partial charge in [-0.1, -0.05) is 72.8 Å². The summed E-state index contributed by atoms with van der Waals surface area (Å²) in [6.45, 7) is 1.97. The Morgan fingerprint density at radius 2 is 1.54 bits per heavy atom. The van der Waals surface area contributed by atoms with Gasteiger partial charge in [0.25, 0.3) is 5.91 Å². The molecule has 1 atom stereocenters. The van der Waals surface area contributed by atoms with Gasteiger partial charge in [-0.25, -0.2) is 4.98 Å². The minimum Gasteiger partial charge on any atom is -0.436 e. The molecule has 0 saturated heterocycles. The van der Waals surface area contributed by atoms with E-state index in [9.17, 15) is 4.79 Å². The van der Waals surface area contributed by atoms with E-state index in [0.717, 1.165) is 11.1 Å². The summed E-state index contributed by atoms with van der Waals surface area (Å²) in [5, 5.41) is 3.05. The number of nitrogens with one attached hydrogen (secondary N) is 1. The molecule has 0 aliphatic heterocycles. The van der Waals surface area contributed by atoms with Crippen molar-refractivity contribution in [2.75, 3.05) is 0 Å². The highest BCUT2D eigenvalue weighted by molar-refractivity contribution is 6.00. The van der Waals surface area contributed by atoms with E-state index >= 15 is 0 Å². The van der Waals surface area contributed by atoms with Gasteiger partial charge in [-0.15, -0.1) is 0 Å². The molecule has 0 bridgehead atoms. The fourth-order valence-electron chi connectivity index (χ4n) is 3.10. The highest BCUT2D eigenvalue weighted by atomic mass is 16.4. The summed E-state index contributed by atoms with van der Waals surface area (Å²) in [4.78, 5) is 17.3. The van der Waals surface area contributed by atoms with Crippen molar-refractivity contribution < 1.29 is 9.21 Å². The maximum atomic E-state index is 12.9. The third-order valence-electron chi connectivity index (χ3n) is 4.61. The molecule has 4 nitrogen and oxygen atoms in total. The fourth-order valence-corrected chi connectivity index (χ4v) is 3.10. The van der Waals surface area contributed by atoms with Crippen molar-refractivity contribution in [3.63, 3.8) is 0 Å². The number of carbonyl (C=O) groups excluding carboxylic acids is 1. The molecule has 0 unspecified atom stereocenters. The highest BCUT2D eigenvalue weighted by Crippen LogP contribution is 2.28. The maximum absolute atomic E-state index is 12.9. The lowest BCUT2D eigenvalue weighted by Crippen LogP contribution is -2.27. The number of benzene rings is 3. The Labute approximate surface area is 163 Å². The first-order valence-corrected chi connectivity index (χ1v) is 9.19. The summed E-state index contributed by atoms with van der Waals surface area (Å²) < 4.78 is 5.95. The average molecular weight is 368 g/mol. The van der Waals surface area contributed by atoms with Gasteiger partial charge in [0.05, 0.1) is 17.8 Å². The zero-order valence-electron chi connectivity index (χ0n) is 15.5. The summed E-state index contributed by atoms with van der Waals surface area (Å²) in [5.41, 5.74) is 3.20. The number of oxazole rings is 1. The van der Waals surface area contributed by atoms with Crippen LogP contribution in [0.5, 0.6) is 0 Å². The molecule has 3 aromatic carbocycles. The van der Waals surface area contributed by atoms with E-state index in [4.69, 9.17) is 4.42 Å². The van der Waals surface area contributed by atoms with Crippen LogP contribution >= 0.6 is 0 Å². The number of hydrogen-bond donors (Lipinski definition) is 1. The van der Waals surface area contributed by atoms with Gasteiger partial charge in [0.15, 0.2) is 5.76 Å². The number of rotatable bonds is 5. The zero-order valence-corrected chi connectivity index (χ0v) is 15.5. The monoisotopic (exact) mass is 368 g/mol. The summed E-state index contributed by atoms with van der Waals surface area (Å²) in [6.07, 6.45) is 1.69. The minimum atomic E-state index is -0.161. The van der Waals surface area contributed by atoms with E-state index in [1.54, 1.807) is 12.3 Å². The Morgan fingerprint density at radius 1 is 0.893 bits per heavy atom. The summed E-state index contributed by atoms with van der Waals surface area (Å²) in [7, 11) is 0. The fraction of sp³-hybridized carbons (Fsp3) is 0.0833. The molecule has 0 fully saturated rings. The van der Waals surface area contributed by atoms with Crippen molar-refractivity contribution in [1.82, 2.24) is 10.3 Å². The lowest BCUT2D eigenvalue weighted by atomic mass is 10.0. The molecule has 0 spiro atoms. The van der Waals surface area contributed by atoms with Gasteiger partial charge in [0, 0.05) is 11.1 Å². The standard InChI is InChI=1S/C24H20N2O2/c1-17(18-10-4-2-5-11-18)26-23(27)20-14-8-9-15-21(20)24-25-16-22(28-24)19-12-6-3-7-13-19/h2-17H,1H3,(H,26,27)/t17-/m1/s1. The lowest BCUT2D eigenvalue weighted by Gasteiger charge is -2.15. The van der Waals surface area contributed by atoms with Crippen molar-refractivity contribution >= 4 is 5.91 Å². The van der Waals surface area contributed by atoms with Gasteiger partial charge in [0.2, 0.25) is 5.89 Å². The van der Waals surface area contributed by atoms with E-state index in [-0.39, 0.29) is 11.9 Å². The molecule has 0 saturated carbocycles. The second-order valence-electron chi connectivity index (χ2n) is 6.55. The predicted molar refractivity (Wildman–Crippen MR) is 110 cm³/mol. The average Bonchev–Trinajstić information content (AvgIpc) is 3.25. The molecule has 0 aliphatic carbocycles. The van der Waals surface area contributed by atoms with E-state index in [1.165, 1.54) is 0 Å². The van der Waals surface area contributed by atoms with Crippen LogP contribution in [0, 0.1) is 0 Å². The first-order valence-electron chi connectivity index (χ1n) is 9.19. The van der Waals surface area contributed by atoms with Crippen LogP contribution in [0.25, 0.3) is 22.8 Å². The molecule has 138 valence electrons. The van der Waals surface area contributed by atoms with Gasteiger partial charge >= 0.3 is 0 Å². The Morgan fingerprint density at radius 3 is 2.29 bits per heavy atom. The molecule has 4 aromatic rings. The molecular formula is C24H20N2O2. The maximum Gasteiger partial charge on any atom is 0.252 e. The Hall–Kier alpha value is -3.66. The van der Waals surface area contributed by atoms with Crippen molar-refractivity contribution in [2.24, 2.45) is 0 Å². The van der Waals surface area contributed by atoms with Crippen LogP contribution in [0.15, 0.2) is 95.5 Å². The smallest absolute Gasteiger partial charge is 0.252 e. The number of amides is 1. The third-order valence-corrected chi connectivity index (χ3v) is 4.61. The number of carbonyl (C=O) groups is 1. The second kappa shape index (κ2) is 7.92. The van der Waals surface area contributed by atoms with Crippen LogP contribution in [0.1, 0.15) is 28.9 Å². The quantitative estimate of drug-likeness (QED) is 0.506. The topological polar surface area (TPSA) is 55.1 Å². The molecule has 28 heavy (non-hydrogen) atoms. The largest absolute Gasteiger partial charge is 0.436 e. The van der Waals surface area contributed by atoms with Gasteiger partial charge in [-0.2, -0.15) is 0 Å². The van der Waals surface area contributed by atoms with Crippen molar-refractivity contribution in [3.05, 3.63) is 102 Å². The molecule has 1 N–H and O–H groups in total. The molecule has 1 aromatic heterocycles. The Bertz CT molecular complexity index is 1070. The van der Waals surface area contributed by atoms with Crippen LogP contribution in [0.4, 0.5) is 0 Å². The SMILES string of the molecule is C[C@@H](NC(=O)c1ccccc1-c1ncc(-c2ccccc2)o1)c1ccccc1. The van der Waals surface area contributed by atoms with E-state index in [2.05, 4.69) is 10.3 Å². The van der Waals surface area contributed by atoms with Gasteiger partial charge < -0.3 is 9.73 Å². The first-order chi connectivity index (χ1) is 13.7. The van der Waals surface area contributed by atoms with E-state index in [0.29, 0.717) is 22.8 Å². The van der Waals surface area contributed by atoms with Crippen molar-refractivity contribution in [2.45, 2.75) is 13.0 Å². The number of hydrogen-bond acceptors (Lipinski definition) is 3. The number of aromatic nitrogens is 1. The Kier molecular flexibility index (Phi) is 5.02. The summed E-state index contributed by atoms with van der Waals surface area (Å²) in [5.74, 6) is 0.937. The lowest BCUT2D eigenvalue weighted by molar-refractivity contribution is 0.0940. The molecule has 0 aliphatic rings. The molecule has 0 radical (unpaired) electrons. The van der Waals surface area contributed by atoms with Crippen LogP contribution in [0.2, 0.25) is 0 Å². The minimum absolute atomic E-state index is 0.105. The third kappa shape index (κ3) is 3.71. The zero-order chi connectivity index (χ0) is 19.3. The summed E-state index contributed by atoms with van der Waals surface area (Å²) in [6, 6.07) is 26.9. The van der Waals surface area contributed by atoms with Gasteiger partial charge in [0.1, 0.15) is 0 Å². The van der Waals surface area contributed by atoms with Crippen molar-refractivity contribution in [3.8, 4) is 22.8 Å². The highest BCUT2D eigenvalue weighted by Gasteiger charge is 2.18. The normalized spacial score (nSPS) is 11.8. The van der Waals surface area contributed by atoms with Crippen LogP contribution in [-0.2, 0) is 0 Å². The van der Waals surface area contributed by atoms with Crippen LogP contribution in [0.3, 0.4) is 0 Å². The molecular weight excluding hydrogens is 348 g/mol. The van der Waals surface area contributed by atoms with Crippen LogP contribution in [-0.4, -0.2) is 10.9 Å². The molecule has 4 rings (SSSR count). The van der Waals surface area contributed by atoms with Gasteiger partial charge in [-0.3, -0.25) is 4.79 Å². The molecule has 1 heterocycles. The van der Waals surface area contributed by atoms with E-state index in [1.807, 2.05) is 85.8 Å². The van der Waals surface area contributed by atoms with Gasteiger partial charge in [-0.05, 0) is 24.6 Å². The second-order valence-corrected chi connectivity index (χ2v) is 6.55. The first kappa shape index (κ1) is 17.7. The van der Waals surface area contributed by atoms with E-state index < -0.39 is 0 Å². The summed E-state index contributed by atoms with van der Waals surface area (Å²) >= 11 is 0. The molecule has 1 amide bonds.